The number of nitrogens with zero attached hydrogens (tertiary/aromatic N) is 5. The van der Waals surface area contributed by atoms with Crippen LogP contribution in [0.25, 0.3) is 11.4 Å². The zero-order valence-electron chi connectivity index (χ0n) is 14.5. The molecule has 3 aromatic rings. The molecule has 0 radical (unpaired) electrons. The lowest BCUT2D eigenvalue weighted by molar-refractivity contribution is -0.116. The zero-order valence-corrected chi connectivity index (χ0v) is 15.3. The van der Waals surface area contributed by atoms with Gasteiger partial charge in [-0.15, -0.1) is 10.2 Å². The van der Waals surface area contributed by atoms with E-state index in [4.69, 9.17) is 0 Å². The molecule has 0 bridgehead atoms. The quantitative estimate of drug-likeness (QED) is 0.623. The summed E-state index contributed by atoms with van der Waals surface area (Å²) in [6.07, 6.45) is 3.39. The summed E-state index contributed by atoms with van der Waals surface area (Å²) in [5.74, 6) is 0.535. The molecule has 0 aliphatic heterocycles. The summed E-state index contributed by atoms with van der Waals surface area (Å²) < 4.78 is 14.9. The topological polar surface area (TPSA) is 63.9 Å². The van der Waals surface area contributed by atoms with Crippen LogP contribution in [0.15, 0.2) is 53.9 Å². The highest BCUT2D eigenvalue weighted by atomic mass is 32.2. The lowest BCUT2D eigenvalue weighted by Gasteiger charge is -2.20. The van der Waals surface area contributed by atoms with E-state index in [0.717, 1.165) is 5.56 Å². The van der Waals surface area contributed by atoms with Crippen molar-refractivity contribution in [2.45, 2.75) is 12.1 Å². The van der Waals surface area contributed by atoms with E-state index in [9.17, 15) is 9.18 Å². The molecule has 2 aromatic heterocycles. The van der Waals surface area contributed by atoms with Gasteiger partial charge in [-0.25, -0.2) is 4.39 Å². The predicted molar refractivity (Wildman–Crippen MR) is 99.4 cm³/mol. The van der Waals surface area contributed by atoms with Crippen LogP contribution in [0, 0.1) is 5.82 Å². The zero-order chi connectivity index (χ0) is 18.5. The number of halogens is 1. The Morgan fingerprint density at radius 3 is 2.50 bits per heavy atom. The first-order valence-corrected chi connectivity index (χ1v) is 9.07. The fourth-order valence-corrected chi connectivity index (χ4v) is 3.31. The second-order valence-corrected chi connectivity index (χ2v) is 6.45. The maximum absolute atomic E-state index is 13.1. The average molecular weight is 371 g/mol. The van der Waals surface area contributed by atoms with Crippen LogP contribution in [0.4, 0.5) is 10.1 Å². The van der Waals surface area contributed by atoms with Crippen LogP contribution in [0.2, 0.25) is 0 Å². The fraction of sp³-hybridized carbons (Fsp3) is 0.222. The Hall–Kier alpha value is -2.74. The number of carbonyl (C=O) groups is 1. The highest BCUT2D eigenvalue weighted by molar-refractivity contribution is 7.99. The van der Waals surface area contributed by atoms with Gasteiger partial charge in [-0.2, -0.15) is 0 Å². The van der Waals surface area contributed by atoms with E-state index in [1.54, 1.807) is 29.4 Å². The largest absolute Gasteiger partial charge is 0.312 e. The summed E-state index contributed by atoms with van der Waals surface area (Å²) in [4.78, 5) is 18.2. The van der Waals surface area contributed by atoms with E-state index < -0.39 is 0 Å². The number of amides is 1. The van der Waals surface area contributed by atoms with Gasteiger partial charge in [-0.1, -0.05) is 11.8 Å². The standard InChI is InChI=1S/C18H18FN5OS/c1-3-24(15-6-4-14(19)5-7-15)16(25)12-26-18-22-21-17(23(18)2)13-8-10-20-11-9-13/h4-11H,3,12H2,1-2H3. The maximum atomic E-state index is 13.1. The van der Waals surface area contributed by atoms with Crippen LogP contribution in [0.1, 0.15) is 6.92 Å². The van der Waals surface area contributed by atoms with Gasteiger partial charge in [-0.05, 0) is 43.3 Å². The Balaban J connectivity index is 1.69. The molecule has 134 valence electrons. The van der Waals surface area contributed by atoms with Crippen molar-refractivity contribution < 1.29 is 9.18 Å². The van der Waals surface area contributed by atoms with Crippen molar-refractivity contribution in [3.05, 3.63) is 54.6 Å². The van der Waals surface area contributed by atoms with Gasteiger partial charge in [0.15, 0.2) is 11.0 Å². The summed E-state index contributed by atoms with van der Waals surface area (Å²) >= 11 is 1.32. The fourth-order valence-electron chi connectivity index (χ4n) is 2.52. The summed E-state index contributed by atoms with van der Waals surface area (Å²) in [6.45, 7) is 2.39. The molecule has 0 aliphatic carbocycles. The molecule has 2 heterocycles. The molecule has 1 aromatic carbocycles. The van der Waals surface area contributed by atoms with Gasteiger partial charge < -0.3 is 9.47 Å². The van der Waals surface area contributed by atoms with Crippen molar-refractivity contribution >= 4 is 23.4 Å². The molecule has 0 aliphatic rings. The molecule has 8 heteroatoms. The van der Waals surface area contributed by atoms with Gasteiger partial charge >= 0.3 is 0 Å². The van der Waals surface area contributed by atoms with E-state index in [0.29, 0.717) is 23.2 Å². The number of pyridine rings is 1. The van der Waals surface area contributed by atoms with E-state index >= 15 is 0 Å². The molecule has 0 saturated carbocycles. The first-order valence-electron chi connectivity index (χ1n) is 8.08. The third-order valence-corrected chi connectivity index (χ3v) is 4.86. The Bertz CT molecular complexity index is 882. The molecule has 0 N–H and O–H groups in total. The summed E-state index contributed by atoms with van der Waals surface area (Å²) in [5.41, 5.74) is 1.59. The predicted octanol–water partition coefficient (Wildman–Crippen LogP) is 3.16. The van der Waals surface area contributed by atoms with Gasteiger partial charge in [0.2, 0.25) is 5.91 Å². The van der Waals surface area contributed by atoms with Gasteiger partial charge in [0.1, 0.15) is 5.82 Å². The first-order chi connectivity index (χ1) is 12.6. The van der Waals surface area contributed by atoms with Crippen LogP contribution < -0.4 is 4.90 Å². The second-order valence-electron chi connectivity index (χ2n) is 5.50. The van der Waals surface area contributed by atoms with Crippen molar-refractivity contribution in [2.24, 2.45) is 7.05 Å². The third kappa shape index (κ3) is 3.91. The molecule has 0 fully saturated rings. The first kappa shape index (κ1) is 18.1. The number of rotatable bonds is 6. The van der Waals surface area contributed by atoms with E-state index in [1.165, 1.54) is 23.9 Å². The smallest absolute Gasteiger partial charge is 0.237 e. The van der Waals surface area contributed by atoms with Crippen molar-refractivity contribution in [3.8, 4) is 11.4 Å². The number of thioether (sulfide) groups is 1. The number of carbonyl (C=O) groups excluding carboxylic acids is 1. The molecular formula is C18H18FN5OS. The van der Waals surface area contributed by atoms with Gasteiger partial charge in [-0.3, -0.25) is 9.78 Å². The molecule has 26 heavy (non-hydrogen) atoms. The molecule has 0 unspecified atom stereocenters. The van der Waals surface area contributed by atoms with Crippen molar-refractivity contribution in [1.82, 2.24) is 19.7 Å². The lowest BCUT2D eigenvalue weighted by atomic mass is 10.2. The summed E-state index contributed by atoms with van der Waals surface area (Å²) in [7, 11) is 1.86. The number of aromatic nitrogens is 4. The maximum Gasteiger partial charge on any atom is 0.237 e. The van der Waals surface area contributed by atoms with Crippen LogP contribution in [0.3, 0.4) is 0 Å². The number of anilines is 1. The minimum Gasteiger partial charge on any atom is -0.312 e. The number of benzene rings is 1. The van der Waals surface area contributed by atoms with E-state index in [2.05, 4.69) is 15.2 Å². The van der Waals surface area contributed by atoms with Gasteiger partial charge in [0, 0.05) is 37.2 Å². The average Bonchev–Trinajstić information content (AvgIpc) is 3.03. The van der Waals surface area contributed by atoms with Crippen molar-refractivity contribution in [3.63, 3.8) is 0 Å². The summed E-state index contributed by atoms with van der Waals surface area (Å²) in [5, 5.41) is 9.02. The highest BCUT2D eigenvalue weighted by Gasteiger charge is 2.17. The monoisotopic (exact) mass is 371 g/mol. The number of hydrogen-bond acceptors (Lipinski definition) is 5. The Morgan fingerprint density at radius 1 is 1.15 bits per heavy atom. The van der Waals surface area contributed by atoms with E-state index in [1.807, 2.05) is 30.7 Å². The van der Waals surface area contributed by atoms with Crippen LogP contribution >= 0.6 is 11.8 Å². The van der Waals surface area contributed by atoms with Gasteiger partial charge in [0.05, 0.1) is 5.75 Å². The minimum atomic E-state index is -0.325. The van der Waals surface area contributed by atoms with Gasteiger partial charge in [0.25, 0.3) is 0 Å². The lowest BCUT2D eigenvalue weighted by Crippen LogP contribution is -2.32. The molecule has 3 rings (SSSR count). The Labute approximate surface area is 155 Å². The molecule has 1 amide bonds. The molecular weight excluding hydrogens is 353 g/mol. The third-order valence-electron chi connectivity index (χ3n) is 3.85. The minimum absolute atomic E-state index is 0.0717. The SMILES string of the molecule is CCN(C(=O)CSc1nnc(-c2ccncc2)n1C)c1ccc(F)cc1. The molecule has 0 atom stereocenters. The Kier molecular flexibility index (Phi) is 5.62. The summed E-state index contributed by atoms with van der Waals surface area (Å²) in [6, 6.07) is 9.62. The molecule has 0 saturated heterocycles. The van der Waals surface area contributed by atoms with Crippen LogP contribution in [0.5, 0.6) is 0 Å². The van der Waals surface area contributed by atoms with Crippen molar-refractivity contribution in [2.75, 3.05) is 17.2 Å². The van der Waals surface area contributed by atoms with Crippen molar-refractivity contribution in [1.29, 1.82) is 0 Å². The highest BCUT2D eigenvalue weighted by Crippen LogP contribution is 2.23. The van der Waals surface area contributed by atoms with Crippen LogP contribution in [-0.2, 0) is 11.8 Å². The van der Waals surface area contributed by atoms with E-state index in [-0.39, 0.29) is 17.5 Å². The Morgan fingerprint density at radius 2 is 1.85 bits per heavy atom. The number of hydrogen-bond donors (Lipinski definition) is 0. The second kappa shape index (κ2) is 8.09. The normalized spacial score (nSPS) is 10.7. The molecule has 0 spiro atoms. The molecule has 6 nitrogen and oxygen atoms in total. The van der Waals surface area contributed by atoms with Crippen LogP contribution in [-0.4, -0.2) is 38.0 Å².